The molecular formula is C12H8N6O3. The van der Waals surface area contributed by atoms with Gasteiger partial charge in [-0.15, -0.1) is 0 Å². The molecule has 3 aromatic rings. The van der Waals surface area contributed by atoms with Gasteiger partial charge >= 0.3 is 0 Å². The lowest BCUT2D eigenvalue weighted by atomic mass is 10.2. The zero-order valence-electron chi connectivity index (χ0n) is 10.5. The minimum Gasteiger partial charge on any atom is -0.382 e. The molecule has 0 bridgehead atoms. The van der Waals surface area contributed by atoms with Crippen LogP contribution in [0.3, 0.4) is 0 Å². The number of hydrogen-bond acceptors (Lipinski definition) is 8. The first-order valence-corrected chi connectivity index (χ1v) is 5.80. The SMILES string of the molecule is Nc1nccnc1-c1nc(-c2cccc([N+](=O)[O-])c2)no1. The molecule has 2 aromatic heterocycles. The van der Waals surface area contributed by atoms with Crippen LogP contribution in [0.4, 0.5) is 11.5 Å². The number of nitro groups is 1. The van der Waals surface area contributed by atoms with Crippen molar-refractivity contribution in [3.8, 4) is 23.0 Å². The Bertz CT molecular complexity index is 816. The molecule has 1 aromatic carbocycles. The minimum absolute atomic E-state index is 0.0575. The third-order valence-corrected chi connectivity index (χ3v) is 2.67. The van der Waals surface area contributed by atoms with Gasteiger partial charge in [-0.05, 0) is 0 Å². The number of aromatic nitrogens is 4. The molecular weight excluding hydrogens is 276 g/mol. The monoisotopic (exact) mass is 284 g/mol. The third kappa shape index (κ3) is 2.39. The first kappa shape index (κ1) is 12.7. The maximum absolute atomic E-state index is 10.8. The summed E-state index contributed by atoms with van der Waals surface area (Å²) in [5.74, 6) is 0.465. The van der Waals surface area contributed by atoms with E-state index in [4.69, 9.17) is 10.3 Å². The molecule has 0 fully saturated rings. The van der Waals surface area contributed by atoms with E-state index in [9.17, 15) is 10.1 Å². The molecule has 21 heavy (non-hydrogen) atoms. The molecule has 0 radical (unpaired) electrons. The van der Waals surface area contributed by atoms with Gasteiger partial charge in [-0.1, -0.05) is 17.3 Å². The molecule has 2 heterocycles. The number of nitrogen functional groups attached to an aromatic ring is 1. The van der Waals surface area contributed by atoms with Gasteiger partial charge < -0.3 is 10.3 Å². The van der Waals surface area contributed by atoms with Crippen LogP contribution < -0.4 is 5.73 Å². The van der Waals surface area contributed by atoms with E-state index in [1.165, 1.54) is 24.5 Å². The summed E-state index contributed by atoms with van der Waals surface area (Å²) in [5.41, 5.74) is 6.34. The number of benzene rings is 1. The highest BCUT2D eigenvalue weighted by molar-refractivity contribution is 5.65. The molecule has 0 aliphatic rings. The average Bonchev–Trinajstić information content (AvgIpc) is 2.97. The Hall–Kier alpha value is -3.36. The van der Waals surface area contributed by atoms with E-state index < -0.39 is 4.92 Å². The maximum atomic E-state index is 10.8. The Morgan fingerprint density at radius 2 is 2.05 bits per heavy atom. The fourth-order valence-corrected chi connectivity index (χ4v) is 1.71. The summed E-state index contributed by atoms with van der Waals surface area (Å²) < 4.78 is 5.07. The molecule has 0 aliphatic heterocycles. The molecule has 9 heteroatoms. The Morgan fingerprint density at radius 3 is 2.81 bits per heavy atom. The number of non-ortho nitro benzene ring substituents is 1. The summed E-state index contributed by atoms with van der Waals surface area (Å²) in [6, 6.07) is 5.92. The first-order valence-electron chi connectivity index (χ1n) is 5.80. The molecule has 0 saturated heterocycles. The number of anilines is 1. The van der Waals surface area contributed by atoms with Crippen molar-refractivity contribution in [3.05, 3.63) is 46.8 Å². The lowest BCUT2D eigenvalue weighted by Gasteiger charge is -1.96. The summed E-state index contributed by atoms with van der Waals surface area (Å²) >= 11 is 0. The molecule has 3 rings (SSSR count). The number of rotatable bonds is 3. The Labute approximate surface area is 117 Å². The standard InChI is InChI=1S/C12H8N6O3/c13-10-9(14-4-5-15-10)12-16-11(17-21-12)7-2-1-3-8(6-7)18(19)20/h1-6H,(H2,13,15). The van der Waals surface area contributed by atoms with Gasteiger partial charge in [-0.25, -0.2) is 9.97 Å². The molecule has 0 amide bonds. The second-order valence-electron chi connectivity index (χ2n) is 4.02. The van der Waals surface area contributed by atoms with E-state index in [2.05, 4.69) is 20.1 Å². The number of nitro benzene ring substituents is 1. The predicted octanol–water partition coefficient (Wildman–Crippen LogP) is 1.68. The van der Waals surface area contributed by atoms with Crippen molar-refractivity contribution in [2.75, 3.05) is 5.73 Å². The highest BCUT2D eigenvalue weighted by Crippen LogP contribution is 2.25. The fraction of sp³-hybridized carbons (Fsp3) is 0. The van der Waals surface area contributed by atoms with Crippen molar-refractivity contribution in [3.63, 3.8) is 0 Å². The highest BCUT2D eigenvalue weighted by Gasteiger charge is 2.16. The Morgan fingerprint density at radius 1 is 1.24 bits per heavy atom. The number of nitrogens with two attached hydrogens (primary N) is 1. The van der Waals surface area contributed by atoms with Crippen LogP contribution in [0.1, 0.15) is 0 Å². The van der Waals surface area contributed by atoms with Gasteiger partial charge in [0.15, 0.2) is 11.5 Å². The summed E-state index contributed by atoms with van der Waals surface area (Å²) in [4.78, 5) is 22.3. The molecule has 0 atom stereocenters. The molecule has 104 valence electrons. The normalized spacial score (nSPS) is 10.5. The molecule has 0 spiro atoms. The van der Waals surface area contributed by atoms with Gasteiger partial charge in [0.05, 0.1) is 4.92 Å². The number of nitrogens with zero attached hydrogens (tertiary/aromatic N) is 5. The lowest BCUT2D eigenvalue weighted by molar-refractivity contribution is -0.384. The van der Waals surface area contributed by atoms with E-state index in [1.807, 2.05) is 0 Å². The van der Waals surface area contributed by atoms with Crippen molar-refractivity contribution >= 4 is 11.5 Å². The summed E-state index contributed by atoms with van der Waals surface area (Å²) in [6.45, 7) is 0. The fourth-order valence-electron chi connectivity index (χ4n) is 1.71. The van der Waals surface area contributed by atoms with Crippen LogP contribution in [0, 0.1) is 10.1 Å². The van der Waals surface area contributed by atoms with Crippen molar-refractivity contribution in [1.82, 2.24) is 20.1 Å². The molecule has 0 saturated carbocycles. The molecule has 2 N–H and O–H groups in total. The van der Waals surface area contributed by atoms with E-state index >= 15 is 0 Å². The number of hydrogen-bond donors (Lipinski definition) is 1. The first-order chi connectivity index (χ1) is 10.1. The van der Waals surface area contributed by atoms with Crippen molar-refractivity contribution in [1.29, 1.82) is 0 Å². The zero-order valence-corrected chi connectivity index (χ0v) is 10.5. The van der Waals surface area contributed by atoms with Gasteiger partial charge in [-0.3, -0.25) is 10.1 Å². The molecule has 0 unspecified atom stereocenters. The topological polar surface area (TPSA) is 134 Å². The predicted molar refractivity (Wildman–Crippen MR) is 71.8 cm³/mol. The van der Waals surface area contributed by atoms with Crippen LogP contribution >= 0.6 is 0 Å². The van der Waals surface area contributed by atoms with E-state index in [0.29, 0.717) is 5.56 Å². The van der Waals surface area contributed by atoms with Crippen LogP contribution in [0.25, 0.3) is 23.0 Å². The van der Waals surface area contributed by atoms with Gasteiger partial charge in [0.2, 0.25) is 5.82 Å². The molecule has 9 nitrogen and oxygen atoms in total. The Kier molecular flexibility index (Phi) is 2.99. The third-order valence-electron chi connectivity index (χ3n) is 2.67. The maximum Gasteiger partial charge on any atom is 0.280 e. The largest absolute Gasteiger partial charge is 0.382 e. The average molecular weight is 284 g/mol. The quantitative estimate of drug-likeness (QED) is 0.567. The summed E-state index contributed by atoms with van der Waals surface area (Å²) in [5, 5.41) is 14.5. The Balaban J connectivity index is 2.01. The van der Waals surface area contributed by atoms with Crippen molar-refractivity contribution < 1.29 is 9.45 Å². The van der Waals surface area contributed by atoms with Gasteiger partial charge in [0, 0.05) is 30.1 Å². The van der Waals surface area contributed by atoms with Crippen molar-refractivity contribution in [2.45, 2.75) is 0 Å². The van der Waals surface area contributed by atoms with Gasteiger partial charge in [0.25, 0.3) is 11.6 Å². The minimum atomic E-state index is -0.495. The van der Waals surface area contributed by atoms with E-state index in [1.54, 1.807) is 12.1 Å². The van der Waals surface area contributed by atoms with Crippen LogP contribution in [0.5, 0.6) is 0 Å². The van der Waals surface area contributed by atoms with Crippen LogP contribution in [-0.2, 0) is 0 Å². The van der Waals surface area contributed by atoms with E-state index in [0.717, 1.165) is 0 Å². The zero-order chi connectivity index (χ0) is 14.8. The van der Waals surface area contributed by atoms with Crippen molar-refractivity contribution in [2.24, 2.45) is 0 Å². The van der Waals surface area contributed by atoms with Crippen LogP contribution in [0.15, 0.2) is 41.2 Å². The molecule has 0 aliphatic carbocycles. The summed E-state index contributed by atoms with van der Waals surface area (Å²) in [6.07, 6.45) is 2.89. The van der Waals surface area contributed by atoms with E-state index in [-0.39, 0.29) is 28.9 Å². The second-order valence-corrected chi connectivity index (χ2v) is 4.02. The summed E-state index contributed by atoms with van der Waals surface area (Å²) in [7, 11) is 0. The highest BCUT2D eigenvalue weighted by atomic mass is 16.6. The van der Waals surface area contributed by atoms with Crippen LogP contribution in [-0.4, -0.2) is 25.0 Å². The van der Waals surface area contributed by atoms with Gasteiger partial charge in [0.1, 0.15) is 0 Å². The lowest BCUT2D eigenvalue weighted by Crippen LogP contribution is -1.96. The second kappa shape index (κ2) is 4.96. The smallest absolute Gasteiger partial charge is 0.280 e. The van der Waals surface area contributed by atoms with Crippen LogP contribution in [0.2, 0.25) is 0 Å². The van der Waals surface area contributed by atoms with Gasteiger partial charge in [-0.2, -0.15) is 4.98 Å².